The molecular weight excluding hydrogens is 458 g/mol. The molecule has 1 aliphatic heterocycles. The second-order valence-electron chi connectivity index (χ2n) is 8.53. The van der Waals surface area contributed by atoms with E-state index in [0.717, 1.165) is 32.5 Å². The molecule has 0 aliphatic carbocycles. The molecule has 1 aliphatic rings. The average molecular weight is 482 g/mol. The van der Waals surface area contributed by atoms with E-state index >= 15 is 0 Å². The van der Waals surface area contributed by atoms with Crippen LogP contribution in [-0.4, -0.2) is 48.8 Å². The predicted molar refractivity (Wildman–Crippen MR) is 124 cm³/mol. The first kappa shape index (κ1) is 23.0. The highest BCUT2D eigenvalue weighted by Gasteiger charge is 2.18. The van der Waals surface area contributed by atoms with E-state index in [2.05, 4.69) is 20.1 Å². The molecule has 1 aromatic carbocycles. The topological polar surface area (TPSA) is 99.1 Å². The van der Waals surface area contributed by atoms with Crippen LogP contribution in [-0.2, 0) is 13.1 Å². The van der Waals surface area contributed by atoms with E-state index in [4.69, 9.17) is 4.42 Å². The second kappa shape index (κ2) is 9.87. The molecule has 182 valence electrons. The fourth-order valence-corrected chi connectivity index (χ4v) is 4.40. The summed E-state index contributed by atoms with van der Waals surface area (Å²) in [6, 6.07) is 10.3. The van der Waals surface area contributed by atoms with Gasteiger partial charge in [-0.05, 0) is 50.2 Å². The van der Waals surface area contributed by atoms with Gasteiger partial charge in [0.2, 0.25) is 5.89 Å². The minimum Gasteiger partial charge on any atom is -0.415 e. The van der Waals surface area contributed by atoms with Crippen molar-refractivity contribution < 1.29 is 13.2 Å². The minimum absolute atomic E-state index is 0.0292. The fraction of sp³-hybridized carbons (Fsp3) is 0.375. The summed E-state index contributed by atoms with van der Waals surface area (Å²) in [6.45, 7) is 3.22. The van der Waals surface area contributed by atoms with Crippen molar-refractivity contribution in [2.24, 2.45) is 0 Å². The van der Waals surface area contributed by atoms with Crippen molar-refractivity contribution in [1.29, 1.82) is 0 Å². The van der Waals surface area contributed by atoms with E-state index in [1.54, 1.807) is 34.9 Å². The Bertz CT molecular complexity index is 1440. The summed E-state index contributed by atoms with van der Waals surface area (Å²) < 4.78 is 33.2. The highest BCUT2D eigenvalue weighted by molar-refractivity contribution is 5.77. The first-order valence-corrected chi connectivity index (χ1v) is 11.5. The largest absolute Gasteiger partial charge is 0.415 e. The summed E-state index contributed by atoms with van der Waals surface area (Å²) in [7, 11) is 0. The number of pyridine rings is 1. The Morgan fingerprint density at radius 1 is 0.943 bits per heavy atom. The molecule has 0 amide bonds. The Morgan fingerprint density at radius 2 is 1.74 bits per heavy atom. The predicted octanol–water partition coefficient (Wildman–Crippen LogP) is 3.08. The monoisotopic (exact) mass is 482 g/mol. The summed E-state index contributed by atoms with van der Waals surface area (Å²) in [6.07, 6.45) is 2.07. The maximum atomic E-state index is 13.4. The average Bonchev–Trinajstić information content (AvgIpc) is 3.38. The normalized spacial score (nSPS) is 14.7. The van der Waals surface area contributed by atoms with E-state index in [9.17, 15) is 18.4 Å². The first-order valence-electron chi connectivity index (χ1n) is 11.5. The van der Waals surface area contributed by atoms with Crippen molar-refractivity contribution in [2.45, 2.75) is 38.8 Å². The molecule has 0 spiro atoms. The molecule has 0 bridgehead atoms. The third-order valence-corrected chi connectivity index (χ3v) is 6.24. The lowest BCUT2D eigenvalue weighted by Crippen LogP contribution is -2.42. The van der Waals surface area contributed by atoms with Gasteiger partial charge in [0.25, 0.3) is 11.4 Å². The summed E-state index contributed by atoms with van der Waals surface area (Å²) in [5, 5.41) is 7.38. The van der Waals surface area contributed by atoms with E-state index in [0.29, 0.717) is 28.7 Å². The van der Waals surface area contributed by atoms with Crippen molar-refractivity contribution in [1.82, 2.24) is 29.2 Å². The second-order valence-corrected chi connectivity index (χ2v) is 8.53. The number of piperidine rings is 1. The molecule has 4 heterocycles. The lowest BCUT2D eigenvalue weighted by molar-refractivity contribution is 0.116. The van der Waals surface area contributed by atoms with Gasteiger partial charge in [-0.25, -0.2) is 4.79 Å². The summed E-state index contributed by atoms with van der Waals surface area (Å²) >= 11 is 0. The molecule has 1 saturated heterocycles. The first-order chi connectivity index (χ1) is 17.0. The number of para-hydroxylation sites is 1. The van der Waals surface area contributed by atoms with Crippen LogP contribution in [0.4, 0.5) is 8.78 Å². The third kappa shape index (κ3) is 4.76. The van der Waals surface area contributed by atoms with E-state index < -0.39 is 18.0 Å². The lowest BCUT2D eigenvalue weighted by atomic mass is 10.1. The smallest absolute Gasteiger partial charge is 0.331 e. The summed E-state index contributed by atoms with van der Waals surface area (Å²) in [5.41, 5.74) is 0.655. The maximum absolute atomic E-state index is 13.4. The molecule has 3 aromatic heterocycles. The van der Waals surface area contributed by atoms with Gasteiger partial charge in [0, 0.05) is 19.3 Å². The molecule has 0 unspecified atom stereocenters. The molecule has 5 rings (SSSR count). The number of hydrogen-bond acceptors (Lipinski definition) is 7. The molecule has 35 heavy (non-hydrogen) atoms. The fourth-order valence-electron chi connectivity index (χ4n) is 4.40. The lowest BCUT2D eigenvalue weighted by Gasteiger charge is -2.27. The molecule has 4 aromatic rings. The molecule has 0 atom stereocenters. The highest BCUT2D eigenvalue weighted by atomic mass is 19.3. The Labute approximate surface area is 198 Å². The van der Waals surface area contributed by atoms with E-state index in [-0.39, 0.29) is 18.0 Å². The van der Waals surface area contributed by atoms with Crippen LogP contribution in [0.2, 0.25) is 0 Å². The highest BCUT2D eigenvalue weighted by Crippen LogP contribution is 2.22. The van der Waals surface area contributed by atoms with Gasteiger partial charge in [-0.15, -0.1) is 10.2 Å². The number of benzene rings is 1. The molecule has 9 nitrogen and oxygen atoms in total. The zero-order valence-electron chi connectivity index (χ0n) is 18.9. The van der Waals surface area contributed by atoms with Gasteiger partial charge in [0.1, 0.15) is 0 Å². The van der Waals surface area contributed by atoms with Crippen LogP contribution in [0.1, 0.15) is 37.3 Å². The van der Waals surface area contributed by atoms with E-state index in [1.165, 1.54) is 17.2 Å². The number of halogens is 2. The molecular formula is C24H24F2N6O3. The van der Waals surface area contributed by atoms with Crippen LogP contribution < -0.4 is 11.2 Å². The zero-order chi connectivity index (χ0) is 24.4. The third-order valence-electron chi connectivity index (χ3n) is 6.24. The van der Waals surface area contributed by atoms with Crippen molar-refractivity contribution in [3.05, 3.63) is 75.0 Å². The zero-order valence-corrected chi connectivity index (χ0v) is 18.9. The van der Waals surface area contributed by atoms with E-state index in [1.807, 2.05) is 6.07 Å². The summed E-state index contributed by atoms with van der Waals surface area (Å²) in [4.78, 5) is 33.2. The van der Waals surface area contributed by atoms with Crippen molar-refractivity contribution in [2.75, 3.05) is 19.6 Å². The molecule has 1 fully saturated rings. The number of alkyl halides is 2. The summed E-state index contributed by atoms with van der Waals surface area (Å²) in [5.74, 6) is -0.848. The molecule has 0 N–H and O–H groups in total. The van der Waals surface area contributed by atoms with Crippen molar-refractivity contribution in [3.63, 3.8) is 0 Å². The molecule has 11 heteroatoms. The number of fused-ring (bicyclic) bond motifs is 1. The Balaban J connectivity index is 1.44. The van der Waals surface area contributed by atoms with Crippen LogP contribution in [0.15, 0.2) is 56.6 Å². The van der Waals surface area contributed by atoms with Gasteiger partial charge < -0.3 is 9.32 Å². The standard InChI is InChI=1S/C24H24F2N6O3/c25-20(26)22-29-28-21(35-22)16-8-9-17(27-14-16)15-32-23(33)18-6-2-3-7-19(18)31(24(32)34)13-12-30-10-4-1-5-11-30/h2-3,6-9,14,20H,1,4-5,10-13,15H2. The van der Waals surface area contributed by atoms with Gasteiger partial charge in [-0.3, -0.25) is 18.9 Å². The number of rotatable bonds is 7. The van der Waals surface area contributed by atoms with Crippen LogP contribution in [0, 0.1) is 0 Å². The molecule has 0 radical (unpaired) electrons. The number of aromatic nitrogens is 5. The van der Waals surface area contributed by atoms with Gasteiger partial charge in [-0.2, -0.15) is 8.78 Å². The quantitative estimate of drug-likeness (QED) is 0.399. The Morgan fingerprint density at radius 3 is 2.46 bits per heavy atom. The maximum Gasteiger partial charge on any atom is 0.331 e. The van der Waals surface area contributed by atoms with Gasteiger partial charge >= 0.3 is 12.1 Å². The SMILES string of the molecule is O=c1c2ccccc2n(CCN2CCCCC2)c(=O)n1Cc1ccc(-c2nnc(C(F)F)o2)cn1. The minimum atomic E-state index is -2.86. The van der Waals surface area contributed by atoms with Crippen LogP contribution in [0.3, 0.4) is 0 Å². The Hall–Kier alpha value is -3.73. The van der Waals surface area contributed by atoms with Gasteiger partial charge in [0.05, 0.1) is 28.7 Å². The van der Waals surface area contributed by atoms with Crippen LogP contribution in [0.25, 0.3) is 22.4 Å². The number of likely N-dealkylation sites (tertiary alicyclic amines) is 1. The van der Waals surface area contributed by atoms with Gasteiger partial charge in [0.15, 0.2) is 0 Å². The van der Waals surface area contributed by atoms with Crippen molar-refractivity contribution in [3.8, 4) is 11.5 Å². The van der Waals surface area contributed by atoms with Crippen molar-refractivity contribution >= 4 is 10.9 Å². The number of nitrogens with zero attached hydrogens (tertiary/aromatic N) is 6. The molecule has 0 saturated carbocycles. The Kier molecular flexibility index (Phi) is 6.49. The number of hydrogen-bond donors (Lipinski definition) is 0. The van der Waals surface area contributed by atoms with Gasteiger partial charge in [-0.1, -0.05) is 18.6 Å². The van der Waals surface area contributed by atoms with Crippen LogP contribution >= 0.6 is 0 Å². The van der Waals surface area contributed by atoms with Crippen LogP contribution in [0.5, 0.6) is 0 Å².